The molecular formula is C33H39N3O4S. The van der Waals surface area contributed by atoms with Crippen molar-refractivity contribution in [3.05, 3.63) is 106 Å². The Morgan fingerprint density at radius 1 is 0.951 bits per heavy atom. The molecule has 1 aliphatic rings. The third-order valence-electron chi connectivity index (χ3n) is 7.89. The second-order valence-electron chi connectivity index (χ2n) is 11.2. The average molecular weight is 574 g/mol. The third kappa shape index (κ3) is 7.00. The van der Waals surface area contributed by atoms with Gasteiger partial charge in [-0.25, -0.2) is 0 Å². The smallest absolute Gasteiger partial charge is 0.254 e. The summed E-state index contributed by atoms with van der Waals surface area (Å²) in [5.41, 5.74) is 5.25. The molecule has 0 spiro atoms. The van der Waals surface area contributed by atoms with E-state index in [1.165, 1.54) is 16.7 Å². The molecule has 3 aromatic carbocycles. The molecule has 0 unspecified atom stereocenters. The highest BCUT2D eigenvalue weighted by molar-refractivity contribution is 8.00. The van der Waals surface area contributed by atoms with Crippen molar-refractivity contribution in [1.82, 2.24) is 15.5 Å². The number of amides is 3. The van der Waals surface area contributed by atoms with Gasteiger partial charge in [0.1, 0.15) is 6.04 Å². The monoisotopic (exact) mass is 573 g/mol. The molecule has 7 nitrogen and oxygen atoms in total. The topological polar surface area (TPSA) is 98.7 Å². The number of hydrogen-bond acceptors (Lipinski definition) is 5. The van der Waals surface area contributed by atoms with Crippen LogP contribution in [0.4, 0.5) is 0 Å². The number of aliphatic hydroxyl groups is 1. The van der Waals surface area contributed by atoms with Gasteiger partial charge in [0.15, 0.2) is 6.10 Å². The Hall–Kier alpha value is -3.62. The summed E-state index contributed by atoms with van der Waals surface area (Å²) in [7, 11) is 0. The molecule has 0 aromatic heterocycles. The molecule has 1 heterocycles. The van der Waals surface area contributed by atoms with E-state index in [4.69, 9.17) is 0 Å². The zero-order valence-electron chi connectivity index (χ0n) is 24.3. The van der Waals surface area contributed by atoms with Gasteiger partial charge in [-0.1, -0.05) is 66.7 Å². The molecule has 3 aromatic rings. The fourth-order valence-electron chi connectivity index (χ4n) is 5.20. The zero-order valence-corrected chi connectivity index (χ0v) is 25.1. The lowest BCUT2D eigenvalue weighted by Gasteiger charge is -2.33. The van der Waals surface area contributed by atoms with Crippen LogP contribution in [-0.4, -0.2) is 56.5 Å². The lowest BCUT2D eigenvalue weighted by Crippen LogP contribution is -2.58. The Kier molecular flexibility index (Phi) is 9.56. The summed E-state index contributed by atoms with van der Waals surface area (Å²) in [6.07, 6.45) is -1.30. The van der Waals surface area contributed by atoms with Crippen LogP contribution in [0.2, 0.25) is 0 Å². The summed E-state index contributed by atoms with van der Waals surface area (Å²) in [5.74, 6) is -0.958. The van der Waals surface area contributed by atoms with E-state index < -0.39 is 28.8 Å². The van der Waals surface area contributed by atoms with Crippen LogP contribution in [0.5, 0.6) is 0 Å². The van der Waals surface area contributed by atoms with Crippen LogP contribution >= 0.6 is 11.8 Å². The van der Waals surface area contributed by atoms with Crippen molar-refractivity contribution < 1.29 is 19.5 Å². The van der Waals surface area contributed by atoms with Crippen molar-refractivity contribution in [2.24, 2.45) is 0 Å². The second-order valence-corrected chi connectivity index (χ2v) is 12.8. The van der Waals surface area contributed by atoms with E-state index in [1.807, 2.05) is 101 Å². The first-order chi connectivity index (χ1) is 19.5. The number of rotatable bonds is 9. The largest absolute Gasteiger partial charge is 0.381 e. The minimum Gasteiger partial charge on any atom is -0.381 e. The maximum absolute atomic E-state index is 13.9. The molecule has 3 N–H and O–H groups in total. The van der Waals surface area contributed by atoms with Gasteiger partial charge in [0.2, 0.25) is 5.91 Å². The molecule has 8 heteroatoms. The Morgan fingerprint density at radius 3 is 2.32 bits per heavy atom. The van der Waals surface area contributed by atoms with Crippen molar-refractivity contribution in [3.8, 4) is 0 Å². The predicted molar refractivity (Wildman–Crippen MR) is 164 cm³/mol. The Balaban J connectivity index is 1.56. The van der Waals surface area contributed by atoms with Gasteiger partial charge in [-0.3, -0.25) is 14.4 Å². The van der Waals surface area contributed by atoms with Crippen molar-refractivity contribution in [1.29, 1.82) is 0 Å². The van der Waals surface area contributed by atoms with E-state index in [2.05, 4.69) is 10.6 Å². The van der Waals surface area contributed by atoms with Crippen LogP contribution in [0, 0.1) is 20.8 Å². The molecule has 0 saturated carbocycles. The van der Waals surface area contributed by atoms with E-state index in [9.17, 15) is 19.5 Å². The number of carbonyl (C=O) groups excluding carboxylic acids is 3. The Labute approximate surface area is 246 Å². The number of nitrogens with zero attached hydrogens (tertiary/aromatic N) is 1. The molecule has 3 amide bonds. The standard InChI is InChI=1S/C33H39N3O4S/c1-21-13-11-17-26(23(21)3)30(38)35-27(18-24-14-7-6-8-15-24)28(37)32(40)36-20-41-33(4,5)29(36)31(39)34-19-25-16-10-9-12-22(25)2/h6-17,27-29,37H,18-20H2,1-5H3,(H,34,39)(H,35,38)/t27-,28-,29+/m0/s1. The van der Waals surface area contributed by atoms with E-state index in [-0.39, 0.29) is 24.1 Å². The highest BCUT2D eigenvalue weighted by Crippen LogP contribution is 2.40. The van der Waals surface area contributed by atoms with Crippen molar-refractivity contribution in [3.63, 3.8) is 0 Å². The zero-order chi connectivity index (χ0) is 29.7. The second kappa shape index (κ2) is 12.9. The SMILES string of the molecule is Cc1ccccc1CNC(=O)[C@H]1N(C(=O)[C@@H](O)[C@H](Cc2ccccc2)NC(=O)c2cccc(C)c2C)CSC1(C)C. The number of thioether (sulfide) groups is 1. The molecule has 1 aliphatic heterocycles. The summed E-state index contributed by atoms with van der Waals surface area (Å²) in [6, 6.07) is 21.0. The van der Waals surface area contributed by atoms with Gasteiger partial charge in [-0.05, 0) is 74.9 Å². The lowest BCUT2D eigenvalue weighted by molar-refractivity contribution is -0.147. The molecule has 41 heavy (non-hydrogen) atoms. The normalized spacial score (nSPS) is 17.5. The van der Waals surface area contributed by atoms with E-state index in [1.54, 1.807) is 6.07 Å². The van der Waals surface area contributed by atoms with Gasteiger partial charge in [-0.2, -0.15) is 0 Å². The van der Waals surface area contributed by atoms with Crippen molar-refractivity contribution in [2.75, 3.05) is 5.88 Å². The Morgan fingerprint density at radius 2 is 1.61 bits per heavy atom. The third-order valence-corrected chi connectivity index (χ3v) is 9.26. The number of carbonyl (C=O) groups is 3. The maximum atomic E-state index is 13.9. The van der Waals surface area contributed by atoms with Crippen LogP contribution in [0.1, 0.15) is 52.0 Å². The molecule has 0 bridgehead atoms. The first-order valence-electron chi connectivity index (χ1n) is 13.9. The summed E-state index contributed by atoms with van der Waals surface area (Å²) in [6.45, 7) is 10.0. The highest BCUT2D eigenvalue weighted by Gasteiger charge is 2.49. The van der Waals surface area contributed by atoms with Gasteiger partial charge in [0.05, 0.1) is 11.9 Å². The molecule has 0 radical (unpaired) electrons. The van der Waals surface area contributed by atoms with Gasteiger partial charge in [0, 0.05) is 16.9 Å². The molecule has 1 saturated heterocycles. The van der Waals surface area contributed by atoms with E-state index in [0.29, 0.717) is 12.1 Å². The maximum Gasteiger partial charge on any atom is 0.254 e. The van der Waals surface area contributed by atoms with Crippen LogP contribution in [0.15, 0.2) is 72.8 Å². The van der Waals surface area contributed by atoms with E-state index in [0.717, 1.165) is 27.8 Å². The minimum atomic E-state index is -1.55. The molecule has 216 valence electrons. The minimum absolute atomic E-state index is 0.249. The first-order valence-corrected chi connectivity index (χ1v) is 14.8. The highest BCUT2D eigenvalue weighted by atomic mass is 32.2. The van der Waals surface area contributed by atoms with Gasteiger partial charge in [0.25, 0.3) is 11.8 Å². The fraction of sp³-hybridized carbons (Fsp3) is 0.364. The predicted octanol–water partition coefficient (Wildman–Crippen LogP) is 4.31. The van der Waals surface area contributed by atoms with Gasteiger partial charge < -0.3 is 20.6 Å². The van der Waals surface area contributed by atoms with E-state index >= 15 is 0 Å². The molecular weight excluding hydrogens is 534 g/mol. The van der Waals surface area contributed by atoms with Gasteiger partial charge >= 0.3 is 0 Å². The van der Waals surface area contributed by atoms with Crippen molar-refractivity contribution >= 4 is 29.5 Å². The average Bonchev–Trinajstić information content (AvgIpc) is 3.28. The van der Waals surface area contributed by atoms with Crippen molar-refractivity contribution in [2.45, 2.75) is 70.5 Å². The number of nitrogens with one attached hydrogen (secondary N) is 2. The number of hydrogen-bond donors (Lipinski definition) is 3. The number of aliphatic hydroxyl groups excluding tert-OH is 1. The Bertz CT molecular complexity index is 1410. The van der Waals surface area contributed by atoms with Crippen LogP contribution in [-0.2, 0) is 22.6 Å². The molecule has 0 aliphatic carbocycles. The quantitative estimate of drug-likeness (QED) is 0.354. The molecule has 3 atom stereocenters. The van der Waals surface area contributed by atoms with Crippen LogP contribution in [0.25, 0.3) is 0 Å². The number of aryl methyl sites for hydroxylation is 2. The van der Waals surface area contributed by atoms with Gasteiger partial charge in [-0.15, -0.1) is 11.8 Å². The number of benzene rings is 3. The summed E-state index contributed by atoms with van der Waals surface area (Å²) >= 11 is 1.49. The fourth-order valence-corrected chi connectivity index (χ4v) is 6.34. The summed E-state index contributed by atoms with van der Waals surface area (Å²) in [5, 5.41) is 17.4. The molecule has 1 fully saturated rings. The van der Waals surface area contributed by atoms with Crippen LogP contribution < -0.4 is 10.6 Å². The first kappa shape index (κ1) is 30.3. The lowest BCUT2D eigenvalue weighted by atomic mass is 9.96. The molecule has 4 rings (SSSR count). The summed E-state index contributed by atoms with van der Waals surface area (Å²) < 4.78 is -0.567. The van der Waals surface area contributed by atoms with Crippen LogP contribution in [0.3, 0.4) is 0 Å². The summed E-state index contributed by atoms with van der Waals surface area (Å²) in [4.78, 5) is 42.2.